The fraction of sp³-hybridized carbons (Fsp3) is 0.143. The predicted molar refractivity (Wildman–Crippen MR) is 43.7 cm³/mol. The normalized spacial score (nSPS) is 10.5. The third kappa shape index (κ3) is 1.12. The third-order valence-electron chi connectivity index (χ3n) is 1.59. The van der Waals surface area contributed by atoms with Gasteiger partial charge in [0, 0.05) is 11.8 Å². The maximum Gasteiger partial charge on any atom is 0.274 e. The topological polar surface area (TPSA) is 80.1 Å². The summed E-state index contributed by atoms with van der Waals surface area (Å²) in [5, 5.41) is 2.50. The van der Waals surface area contributed by atoms with Crippen LogP contribution in [0, 0.1) is 6.92 Å². The summed E-state index contributed by atoms with van der Waals surface area (Å²) in [4.78, 5) is 29.3. The van der Waals surface area contributed by atoms with Gasteiger partial charge in [-0.15, -0.1) is 0 Å². The molecule has 6 heteroatoms. The van der Waals surface area contributed by atoms with Gasteiger partial charge in [-0.3, -0.25) is 14.7 Å². The van der Waals surface area contributed by atoms with Crippen LogP contribution in [-0.4, -0.2) is 25.9 Å². The Morgan fingerprint density at radius 3 is 3.00 bits per heavy atom. The van der Waals surface area contributed by atoms with Crippen LogP contribution in [0.2, 0.25) is 0 Å². The van der Waals surface area contributed by atoms with Crippen LogP contribution in [0.5, 0.6) is 0 Å². The van der Waals surface area contributed by atoms with E-state index in [1.807, 2.05) is 0 Å². The Labute approximate surface area is 72.2 Å². The van der Waals surface area contributed by atoms with Gasteiger partial charge in [0.1, 0.15) is 0 Å². The first-order valence-electron chi connectivity index (χ1n) is 3.62. The molecular weight excluding hydrogens is 172 g/mol. The number of nitrogens with one attached hydrogen (secondary N) is 1. The van der Waals surface area contributed by atoms with Gasteiger partial charge in [0.05, 0.1) is 0 Å². The maximum absolute atomic E-state index is 11.3. The monoisotopic (exact) mass is 178 g/mol. The van der Waals surface area contributed by atoms with E-state index in [0.29, 0.717) is 12.0 Å². The summed E-state index contributed by atoms with van der Waals surface area (Å²) in [5.74, 6) is 0.308. The minimum Gasteiger partial charge on any atom is -0.294 e. The van der Waals surface area contributed by atoms with E-state index in [0.717, 1.165) is 4.52 Å². The molecule has 0 amide bonds. The summed E-state index contributed by atoms with van der Waals surface area (Å²) in [6, 6.07) is 1.36. The second-order valence-corrected chi connectivity index (χ2v) is 2.60. The van der Waals surface area contributed by atoms with E-state index in [4.69, 9.17) is 0 Å². The Morgan fingerprint density at radius 1 is 1.54 bits per heavy atom. The molecule has 0 bridgehead atoms. The first-order chi connectivity index (χ1) is 6.20. The first kappa shape index (κ1) is 7.66. The molecule has 0 aliphatic heterocycles. The molecule has 0 saturated heterocycles. The van der Waals surface area contributed by atoms with Crippen molar-refractivity contribution in [3.05, 3.63) is 27.9 Å². The van der Waals surface area contributed by atoms with Gasteiger partial charge in [0.2, 0.25) is 0 Å². The number of H-pyrrole nitrogens is 1. The number of aromatic amines is 1. The smallest absolute Gasteiger partial charge is 0.274 e. The molecule has 6 nitrogen and oxygen atoms in total. The van der Waals surface area contributed by atoms with Crippen LogP contribution in [0.3, 0.4) is 0 Å². The van der Waals surface area contributed by atoms with E-state index in [1.165, 1.54) is 6.07 Å². The van der Waals surface area contributed by atoms with Gasteiger partial charge in [-0.25, -0.2) is 4.98 Å². The molecule has 0 atom stereocenters. The Balaban J connectivity index is 2.90. The lowest BCUT2D eigenvalue weighted by Gasteiger charge is -1.90. The summed E-state index contributed by atoms with van der Waals surface area (Å²) >= 11 is 0. The number of carbonyl (C=O) groups is 1. The van der Waals surface area contributed by atoms with Crippen molar-refractivity contribution >= 4 is 12.1 Å². The van der Waals surface area contributed by atoms with Gasteiger partial charge in [-0.2, -0.15) is 9.50 Å². The molecule has 66 valence electrons. The van der Waals surface area contributed by atoms with E-state index in [1.54, 1.807) is 6.92 Å². The van der Waals surface area contributed by atoms with Crippen LogP contribution in [0.15, 0.2) is 10.9 Å². The second kappa shape index (κ2) is 2.51. The molecule has 2 rings (SSSR count). The van der Waals surface area contributed by atoms with E-state index in [-0.39, 0.29) is 17.2 Å². The molecule has 0 spiro atoms. The predicted octanol–water partition coefficient (Wildman–Crippen LogP) is -0.461. The van der Waals surface area contributed by atoms with Crippen molar-refractivity contribution in [1.82, 2.24) is 19.6 Å². The van der Waals surface area contributed by atoms with Crippen molar-refractivity contribution in [3.63, 3.8) is 0 Å². The quantitative estimate of drug-likeness (QED) is 0.599. The van der Waals surface area contributed by atoms with Crippen molar-refractivity contribution in [1.29, 1.82) is 0 Å². The standard InChI is InChI=1S/C7H6N4O2/c1-4-2-6(13)11-7(8-4)9-5(3-12)10-11/h2-3H,1H3,(H,8,9,10). The highest BCUT2D eigenvalue weighted by molar-refractivity contribution is 5.69. The lowest BCUT2D eigenvalue weighted by Crippen LogP contribution is -2.14. The van der Waals surface area contributed by atoms with Crippen LogP contribution in [0.1, 0.15) is 16.3 Å². The summed E-state index contributed by atoms with van der Waals surface area (Å²) in [6.45, 7) is 1.69. The number of carbonyl (C=O) groups excluding carboxylic acids is 1. The number of aryl methyl sites for hydroxylation is 1. The number of aromatic nitrogens is 4. The van der Waals surface area contributed by atoms with Gasteiger partial charge in [0.15, 0.2) is 12.1 Å². The zero-order valence-electron chi connectivity index (χ0n) is 6.81. The molecule has 2 aromatic rings. The highest BCUT2D eigenvalue weighted by Gasteiger charge is 2.04. The SMILES string of the molecule is Cc1cc(=O)n2[nH]c(C=O)nc2n1. The number of hydrogen-bond donors (Lipinski definition) is 1. The van der Waals surface area contributed by atoms with Gasteiger partial charge >= 0.3 is 0 Å². The minimum absolute atomic E-state index is 0.0928. The third-order valence-corrected chi connectivity index (χ3v) is 1.59. The Morgan fingerprint density at radius 2 is 2.31 bits per heavy atom. The lowest BCUT2D eigenvalue weighted by molar-refractivity contribution is 0.111. The molecule has 0 aliphatic carbocycles. The van der Waals surface area contributed by atoms with Gasteiger partial charge in [-0.05, 0) is 6.92 Å². The van der Waals surface area contributed by atoms with E-state index < -0.39 is 0 Å². The molecular formula is C7H6N4O2. The molecule has 0 unspecified atom stereocenters. The molecule has 2 heterocycles. The number of fused-ring (bicyclic) bond motifs is 1. The van der Waals surface area contributed by atoms with Gasteiger partial charge in [0.25, 0.3) is 11.3 Å². The van der Waals surface area contributed by atoms with E-state index in [2.05, 4.69) is 15.1 Å². The fourth-order valence-corrected chi connectivity index (χ4v) is 1.06. The highest BCUT2D eigenvalue weighted by atomic mass is 16.1. The molecule has 2 aromatic heterocycles. The maximum atomic E-state index is 11.3. The van der Waals surface area contributed by atoms with Crippen LogP contribution in [0.4, 0.5) is 0 Å². The van der Waals surface area contributed by atoms with E-state index >= 15 is 0 Å². The van der Waals surface area contributed by atoms with Crippen molar-refractivity contribution < 1.29 is 4.79 Å². The van der Waals surface area contributed by atoms with Crippen LogP contribution in [-0.2, 0) is 0 Å². The Kier molecular flexibility index (Phi) is 1.48. The van der Waals surface area contributed by atoms with Crippen molar-refractivity contribution in [2.75, 3.05) is 0 Å². The average molecular weight is 178 g/mol. The molecule has 13 heavy (non-hydrogen) atoms. The molecule has 0 aliphatic rings. The average Bonchev–Trinajstić information content (AvgIpc) is 2.47. The summed E-state index contributed by atoms with van der Waals surface area (Å²) in [6.07, 6.45) is 0.531. The Bertz CT molecular complexity index is 525. The van der Waals surface area contributed by atoms with Crippen LogP contribution < -0.4 is 5.56 Å². The zero-order valence-corrected chi connectivity index (χ0v) is 6.81. The number of aldehydes is 1. The fourth-order valence-electron chi connectivity index (χ4n) is 1.06. The molecule has 0 fully saturated rings. The summed E-state index contributed by atoms with van der Waals surface area (Å²) in [7, 11) is 0. The minimum atomic E-state index is -0.275. The number of hydrogen-bond acceptors (Lipinski definition) is 4. The summed E-state index contributed by atoms with van der Waals surface area (Å²) in [5.41, 5.74) is 0.303. The molecule has 0 saturated carbocycles. The van der Waals surface area contributed by atoms with Crippen molar-refractivity contribution in [3.8, 4) is 0 Å². The van der Waals surface area contributed by atoms with Gasteiger partial charge < -0.3 is 0 Å². The molecule has 0 aromatic carbocycles. The number of rotatable bonds is 1. The van der Waals surface area contributed by atoms with Gasteiger partial charge in [-0.1, -0.05) is 0 Å². The van der Waals surface area contributed by atoms with Crippen LogP contribution in [0.25, 0.3) is 5.78 Å². The Hall–Kier alpha value is -1.98. The number of nitrogens with zero attached hydrogens (tertiary/aromatic N) is 3. The van der Waals surface area contributed by atoms with Crippen molar-refractivity contribution in [2.45, 2.75) is 6.92 Å². The van der Waals surface area contributed by atoms with E-state index in [9.17, 15) is 9.59 Å². The summed E-state index contributed by atoms with van der Waals surface area (Å²) < 4.78 is 1.12. The van der Waals surface area contributed by atoms with Crippen LogP contribution >= 0.6 is 0 Å². The lowest BCUT2D eigenvalue weighted by atomic mass is 10.5. The molecule has 0 radical (unpaired) electrons. The second-order valence-electron chi connectivity index (χ2n) is 2.60. The molecule has 1 N–H and O–H groups in total. The largest absolute Gasteiger partial charge is 0.294 e. The van der Waals surface area contributed by atoms with Crippen molar-refractivity contribution in [2.24, 2.45) is 0 Å². The highest BCUT2D eigenvalue weighted by Crippen LogP contribution is 1.93. The zero-order chi connectivity index (χ0) is 9.42. The first-order valence-corrected chi connectivity index (χ1v) is 3.62.